The highest BCUT2D eigenvalue weighted by Gasteiger charge is 2.17. The first-order valence-corrected chi connectivity index (χ1v) is 31.5. The smallest absolute Gasteiger partial charge is 0.306 e. The van der Waals surface area contributed by atoms with Crippen molar-refractivity contribution in [2.75, 3.05) is 19.8 Å². The average molecular weight is 1010 g/mol. The van der Waals surface area contributed by atoms with E-state index in [1.165, 1.54) is 199 Å². The third kappa shape index (κ3) is 59.9. The van der Waals surface area contributed by atoms with Gasteiger partial charge in [0.05, 0.1) is 6.61 Å². The fourth-order valence-electron chi connectivity index (χ4n) is 9.06. The molecule has 0 aromatic carbocycles. The van der Waals surface area contributed by atoms with Crippen molar-refractivity contribution >= 4 is 11.9 Å². The summed E-state index contributed by atoms with van der Waals surface area (Å²) < 4.78 is 17.5. The Balaban J connectivity index is 4.29. The van der Waals surface area contributed by atoms with Crippen LogP contribution in [0.4, 0.5) is 0 Å². The van der Waals surface area contributed by atoms with E-state index in [0.29, 0.717) is 19.4 Å². The number of carbonyl (C=O) groups is 2. The molecule has 0 heterocycles. The molecule has 418 valence electrons. The fourth-order valence-corrected chi connectivity index (χ4v) is 9.06. The Kier molecular flexibility index (Phi) is 60.3. The Bertz CT molecular complexity index is 1270. The van der Waals surface area contributed by atoms with Crippen LogP contribution in [0.2, 0.25) is 0 Å². The second-order valence-corrected chi connectivity index (χ2v) is 20.9. The highest BCUT2D eigenvalue weighted by molar-refractivity contribution is 5.70. The molecule has 0 saturated heterocycles. The van der Waals surface area contributed by atoms with Crippen LogP contribution in [-0.4, -0.2) is 37.9 Å². The molecular formula is C67H120O5. The summed E-state index contributed by atoms with van der Waals surface area (Å²) >= 11 is 0. The third-order valence-corrected chi connectivity index (χ3v) is 13.7. The van der Waals surface area contributed by atoms with E-state index in [1.54, 1.807) is 0 Å². The minimum atomic E-state index is -0.547. The fraction of sp³-hybridized carbons (Fsp3) is 0.791. The number of unbranched alkanes of at least 4 members (excludes halogenated alkanes) is 35. The molecule has 0 aliphatic carbocycles. The van der Waals surface area contributed by atoms with E-state index in [-0.39, 0.29) is 25.2 Å². The number of hydrogen-bond acceptors (Lipinski definition) is 5. The number of rotatable bonds is 58. The van der Waals surface area contributed by atoms with Crippen LogP contribution in [-0.2, 0) is 23.8 Å². The molecule has 0 aliphatic heterocycles. The van der Waals surface area contributed by atoms with Crippen LogP contribution < -0.4 is 0 Å². The Morgan fingerprint density at radius 2 is 0.625 bits per heavy atom. The molecule has 0 spiro atoms. The highest BCUT2D eigenvalue weighted by Crippen LogP contribution is 2.17. The van der Waals surface area contributed by atoms with E-state index < -0.39 is 6.10 Å². The maximum atomic E-state index is 12.9. The maximum absolute atomic E-state index is 12.9. The lowest BCUT2D eigenvalue weighted by Crippen LogP contribution is -2.30. The molecule has 5 nitrogen and oxygen atoms in total. The van der Waals surface area contributed by atoms with Crippen LogP contribution in [0, 0.1) is 0 Å². The van der Waals surface area contributed by atoms with Crippen molar-refractivity contribution < 1.29 is 23.8 Å². The van der Waals surface area contributed by atoms with Gasteiger partial charge in [-0.05, 0) is 89.9 Å². The molecule has 0 aromatic heterocycles. The van der Waals surface area contributed by atoms with Gasteiger partial charge in [0.1, 0.15) is 6.61 Å². The van der Waals surface area contributed by atoms with Crippen molar-refractivity contribution in [1.82, 2.24) is 0 Å². The summed E-state index contributed by atoms with van der Waals surface area (Å²) in [6, 6.07) is 0. The van der Waals surface area contributed by atoms with Crippen LogP contribution in [0.1, 0.15) is 316 Å². The van der Waals surface area contributed by atoms with E-state index in [2.05, 4.69) is 93.7 Å². The molecule has 1 atom stereocenters. The Hall–Kier alpha value is -2.66. The summed E-state index contributed by atoms with van der Waals surface area (Å²) in [7, 11) is 0. The lowest BCUT2D eigenvalue weighted by atomic mass is 10.0. The Morgan fingerprint density at radius 1 is 0.319 bits per heavy atom. The quantitative estimate of drug-likeness (QED) is 0.0345. The second-order valence-electron chi connectivity index (χ2n) is 20.9. The van der Waals surface area contributed by atoms with E-state index in [9.17, 15) is 9.59 Å². The van der Waals surface area contributed by atoms with Gasteiger partial charge in [-0.3, -0.25) is 9.59 Å². The Labute approximate surface area is 448 Å². The third-order valence-electron chi connectivity index (χ3n) is 13.7. The first-order chi connectivity index (χ1) is 35.6. The lowest BCUT2D eigenvalue weighted by molar-refractivity contribution is -0.163. The number of esters is 2. The zero-order chi connectivity index (χ0) is 52.0. The first-order valence-electron chi connectivity index (χ1n) is 31.5. The molecule has 0 aliphatic rings. The predicted octanol–water partition coefficient (Wildman–Crippen LogP) is 21.8. The maximum Gasteiger partial charge on any atom is 0.306 e. The molecule has 0 radical (unpaired) electrons. The Morgan fingerprint density at radius 3 is 1.03 bits per heavy atom. The second kappa shape index (κ2) is 62.6. The minimum Gasteiger partial charge on any atom is -0.462 e. The molecule has 72 heavy (non-hydrogen) atoms. The lowest BCUT2D eigenvalue weighted by Gasteiger charge is -2.18. The van der Waals surface area contributed by atoms with Crippen LogP contribution in [0.15, 0.2) is 72.9 Å². The van der Waals surface area contributed by atoms with Gasteiger partial charge in [-0.25, -0.2) is 0 Å². The summed E-state index contributed by atoms with van der Waals surface area (Å²) in [5.41, 5.74) is 0. The van der Waals surface area contributed by atoms with Gasteiger partial charge in [-0.2, -0.15) is 0 Å². The molecule has 0 aromatic rings. The van der Waals surface area contributed by atoms with Crippen LogP contribution in [0.3, 0.4) is 0 Å². The largest absolute Gasteiger partial charge is 0.462 e. The molecule has 0 N–H and O–H groups in total. The molecule has 0 amide bonds. The molecule has 1 unspecified atom stereocenters. The zero-order valence-electron chi connectivity index (χ0n) is 48.2. The van der Waals surface area contributed by atoms with E-state index in [4.69, 9.17) is 14.2 Å². The molecule has 0 saturated carbocycles. The van der Waals surface area contributed by atoms with Gasteiger partial charge in [-0.15, -0.1) is 0 Å². The topological polar surface area (TPSA) is 61.8 Å². The number of carbonyl (C=O) groups excluding carboxylic acids is 2. The van der Waals surface area contributed by atoms with Crippen LogP contribution in [0.5, 0.6) is 0 Å². The molecule has 0 rings (SSSR count). The normalized spacial score (nSPS) is 12.7. The van der Waals surface area contributed by atoms with Crippen molar-refractivity contribution in [3.8, 4) is 0 Å². The van der Waals surface area contributed by atoms with Gasteiger partial charge < -0.3 is 14.2 Å². The van der Waals surface area contributed by atoms with Gasteiger partial charge in [0.25, 0.3) is 0 Å². The standard InChI is InChI=1S/C67H120O5/c1-4-7-10-13-16-19-22-25-28-31-34-36-39-42-45-48-51-54-57-60-66(68)71-64-65(63-70-62-59-56-53-50-47-44-41-38-33-30-27-24-21-18-15-12-9-6-3)72-67(69)61-58-55-52-49-46-43-40-37-35-32-29-26-23-20-17-14-11-8-5-2/h7,10,16,18-19,21,25,27-28,30,34,36,65H,4-6,8-9,11-15,17,20,22-24,26,29,31-33,35,37-64H2,1-3H3/b10-7-,19-16-,21-18-,28-25-,30-27-,36-34-. The van der Waals surface area contributed by atoms with E-state index >= 15 is 0 Å². The minimum absolute atomic E-state index is 0.0764. The van der Waals surface area contributed by atoms with Gasteiger partial charge in [0.15, 0.2) is 6.10 Å². The molecule has 5 heteroatoms. The monoisotopic (exact) mass is 1000 g/mol. The summed E-state index contributed by atoms with van der Waals surface area (Å²) in [6.07, 6.45) is 82.2. The van der Waals surface area contributed by atoms with Gasteiger partial charge in [0.2, 0.25) is 0 Å². The van der Waals surface area contributed by atoms with Crippen molar-refractivity contribution in [2.45, 2.75) is 322 Å². The average Bonchev–Trinajstić information content (AvgIpc) is 3.38. The van der Waals surface area contributed by atoms with Gasteiger partial charge in [-0.1, -0.05) is 286 Å². The first kappa shape index (κ1) is 69.3. The van der Waals surface area contributed by atoms with Crippen molar-refractivity contribution in [1.29, 1.82) is 0 Å². The summed E-state index contributed by atoms with van der Waals surface area (Å²) in [5, 5.41) is 0. The number of hydrogen-bond donors (Lipinski definition) is 0. The van der Waals surface area contributed by atoms with Crippen LogP contribution in [0.25, 0.3) is 0 Å². The van der Waals surface area contributed by atoms with Crippen molar-refractivity contribution in [3.05, 3.63) is 72.9 Å². The van der Waals surface area contributed by atoms with Crippen LogP contribution >= 0.6 is 0 Å². The predicted molar refractivity (Wildman–Crippen MR) is 316 cm³/mol. The zero-order valence-corrected chi connectivity index (χ0v) is 48.2. The summed E-state index contributed by atoms with van der Waals surface area (Å²) in [6.45, 7) is 7.72. The summed E-state index contributed by atoms with van der Waals surface area (Å²) in [5.74, 6) is -0.401. The van der Waals surface area contributed by atoms with Crippen molar-refractivity contribution in [2.24, 2.45) is 0 Å². The number of ether oxygens (including phenoxy) is 3. The van der Waals surface area contributed by atoms with Crippen molar-refractivity contribution in [3.63, 3.8) is 0 Å². The number of allylic oxidation sites excluding steroid dienone is 12. The van der Waals surface area contributed by atoms with E-state index in [1.807, 2.05) is 0 Å². The van der Waals surface area contributed by atoms with E-state index in [0.717, 1.165) is 83.5 Å². The highest BCUT2D eigenvalue weighted by atomic mass is 16.6. The summed E-state index contributed by atoms with van der Waals surface area (Å²) in [4.78, 5) is 25.6. The van der Waals surface area contributed by atoms with Gasteiger partial charge in [0, 0.05) is 19.4 Å². The molecule has 0 bridgehead atoms. The van der Waals surface area contributed by atoms with Gasteiger partial charge >= 0.3 is 11.9 Å². The SMILES string of the molecule is CC/C=C\C/C=C\C/C=C\C/C=C\CCCCCCCCC(=O)OCC(COCCCCCCCCCC/C=C\C/C=C\CCCCC)OC(=O)CCCCCCCCCCCCCCCCCCCCC. The molecule has 0 fully saturated rings. The molecular weight excluding hydrogens is 885 g/mol.